The van der Waals surface area contributed by atoms with E-state index in [1.807, 2.05) is 0 Å². The smallest absolute Gasteiger partial charge is 0.416 e. The van der Waals surface area contributed by atoms with Gasteiger partial charge in [-0.3, -0.25) is 25.3 Å². The number of amides is 3. The molecule has 1 aromatic heterocycles. The number of carbonyl (C=O) groups excluding carboxylic acids is 2. The molecule has 0 radical (unpaired) electrons. The molecule has 0 saturated carbocycles. The van der Waals surface area contributed by atoms with Crippen LogP contribution in [0.2, 0.25) is 0 Å². The summed E-state index contributed by atoms with van der Waals surface area (Å²) >= 11 is 0. The summed E-state index contributed by atoms with van der Waals surface area (Å²) in [6, 6.07) is -0.257. The van der Waals surface area contributed by atoms with Crippen molar-refractivity contribution < 1.29 is 45.8 Å². The second-order valence-corrected chi connectivity index (χ2v) is 9.65. The van der Waals surface area contributed by atoms with Crippen LogP contribution in [0, 0.1) is 5.92 Å². The maximum atomic E-state index is 13.1. The van der Waals surface area contributed by atoms with Crippen molar-refractivity contribution in [1.82, 2.24) is 30.5 Å². The predicted molar refractivity (Wildman–Crippen MR) is 125 cm³/mol. The SMILES string of the molecule is CC(C)[C@@H](C(=O)NNC(=O)/C=C\n1cnc(-c2cc(C(F)(F)F)cc(C(F)(F)F)c2)n1)N(C(=O)O)C(C)(C)C. The maximum absolute atomic E-state index is 13.1. The number of nitrogens with one attached hydrogen (secondary N) is 2. The Kier molecular flexibility index (Phi) is 9.04. The van der Waals surface area contributed by atoms with Crippen LogP contribution in [0.25, 0.3) is 17.6 Å². The van der Waals surface area contributed by atoms with Gasteiger partial charge in [-0.15, -0.1) is 5.10 Å². The molecule has 0 saturated heterocycles. The Balaban J connectivity index is 2.17. The highest BCUT2D eigenvalue weighted by Gasteiger charge is 2.40. The standard InChI is InChI=1S/C23H26F6N6O4/c1-12(2)17(35(20(38)39)21(3,4)5)19(37)32-31-16(36)6-7-34-11-30-18(33-34)13-8-14(22(24,25)26)10-15(9-13)23(27,28)29/h6-12,17H,1-5H3,(H,31,36)(H,32,37)(H,38,39)/b7-6-/t17-/m0/s1. The number of aromatic nitrogens is 3. The largest absolute Gasteiger partial charge is 0.465 e. The van der Waals surface area contributed by atoms with Crippen LogP contribution < -0.4 is 10.9 Å². The number of hydrazine groups is 1. The van der Waals surface area contributed by atoms with Gasteiger partial charge in [0.2, 0.25) is 0 Å². The van der Waals surface area contributed by atoms with Crippen molar-refractivity contribution in [3.63, 3.8) is 0 Å². The van der Waals surface area contributed by atoms with E-state index in [2.05, 4.69) is 20.9 Å². The molecule has 1 heterocycles. The number of rotatable bonds is 6. The molecule has 2 aromatic rings. The molecule has 0 spiro atoms. The van der Waals surface area contributed by atoms with E-state index in [1.54, 1.807) is 34.6 Å². The average molecular weight is 564 g/mol. The summed E-state index contributed by atoms with van der Waals surface area (Å²) in [6.45, 7) is 8.04. The van der Waals surface area contributed by atoms with Crippen LogP contribution in [0.4, 0.5) is 31.1 Å². The zero-order chi connectivity index (χ0) is 29.9. The third-order valence-corrected chi connectivity index (χ3v) is 5.15. The molecule has 10 nitrogen and oxygen atoms in total. The molecular formula is C23H26F6N6O4. The molecule has 39 heavy (non-hydrogen) atoms. The van der Waals surface area contributed by atoms with Gasteiger partial charge >= 0.3 is 18.4 Å². The maximum Gasteiger partial charge on any atom is 0.416 e. The van der Waals surface area contributed by atoms with Gasteiger partial charge in [0.25, 0.3) is 11.8 Å². The molecule has 3 amide bonds. The van der Waals surface area contributed by atoms with Crippen molar-refractivity contribution in [2.75, 3.05) is 0 Å². The number of nitrogens with zero attached hydrogens (tertiary/aromatic N) is 4. The number of benzene rings is 1. The Hall–Kier alpha value is -4.11. The minimum atomic E-state index is -5.05. The lowest BCUT2D eigenvalue weighted by molar-refractivity contribution is -0.143. The fourth-order valence-corrected chi connectivity index (χ4v) is 3.49. The summed E-state index contributed by atoms with van der Waals surface area (Å²) in [4.78, 5) is 41.2. The first kappa shape index (κ1) is 31.1. The molecule has 1 aromatic carbocycles. The molecule has 0 fully saturated rings. The Labute approximate surface area is 218 Å². The third kappa shape index (κ3) is 8.19. The molecule has 0 bridgehead atoms. The summed E-state index contributed by atoms with van der Waals surface area (Å²) in [7, 11) is 0. The number of alkyl halides is 6. The first-order valence-electron chi connectivity index (χ1n) is 11.2. The topological polar surface area (TPSA) is 129 Å². The van der Waals surface area contributed by atoms with Gasteiger partial charge in [-0.2, -0.15) is 26.3 Å². The molecule has 2 rings (SSSR count). The number of halogens is 6. The zero-order valence-electron chi connectivity index (χ0n) is 21.3. The second-order valence-electron chi connectivity index (χ2n) is 9.65. The molecular weight excluding hydrogens is 538 g/mol. The van der Waals surface area contributed by atoms with Crippen molar-refractivity contribution in [3.8, 4) is 11.4 Å². The average Bonchev–Trinajstić information content (AvgIpc) is 3.26. The number of hydrogen-bond acceptors (Lipinski definition) is 5. The molecule has 1 atom stereocenters. The Morgan fingerprint density at radius 1 is 0.974 bits per heavy atom. The minimum absolute atomic E-state index is 0.0277. The molecule has 16 heteroatoms. The number of carboxylic acid groups (broad SMARTS) is 1. The summed E-state index contributed by atoms with van der Waals surface area (Å²) in [6.07, 6.45) is -8.68. The lowest BCUT2D eigenvalue weighted by Gasteiger charge is -2.40. The fraction of sp³-hybridized carbons (Fsp3) is 0.435. The van der Waals surface area contributed by atoms with Crippen molar-refractivity contribution >= 4 is 24.1 Å². The first-order chi connectivity index (χ1) is 17.7. The fourth-order valence-electron chi connectivity index (χ4n) is 3.49. The van der Waals surface area contributed by atoms with Crippen molar-refractivity contribution in [2.45, 2.75) is 58.6 Å². The van der Waals surface area contributed by atoms with Gasteiger partial charge in [0.05, 0.1) is 11.1 Å². The van der Waals surface area contributed by atoms with Crippen LogP contribution >= 0.6 is 0 Å². The van der Waals surface area contributed by atoms with Gasteiger partial charge in [-0.25, -0.2) is 14.5 Å². The van der Waals surface area contributed by atoms with Crippen molar-refractivity contribution in [3.05, 3.63) is 41.7 Å². The van der Waals surface area contributed by atoms with E-state index in [9.17, 15) is 45.8 Å². The van der Waals surface area contributed by atoms with Crippen LogP contribution in [0.5, 0.6) is 0 Å². The highest BCUT2D eigenvalue weighted by molar-refractivity contribution is 5.93. The van der Waals surface area contributed by atoms with Crippen molar-refractivity contribution in [2.24, 2.45) is 5.92 Å². The predicted octanol–water partition coefficient (Wildman–Crippen LogP) is 4.40. The molecule has 0 aliphatic carbocycles. The van der Waals surface area contributed by atoms with E-state index < -0.39 is 70.3 Å². The highest BCUT2D eigenvalue weighted by Crippen LogP contribution is 2.38. The highest BCUT2D eigenvalue weighted by atomic mass is 19.4. The van der Waals surface area contributed by atoms with Crippen LogP contribution in [0.1, 0.15) is 45.7 Å². The normalized spacial score (nSPS) is 13.4. The quantitative estimate of drug-likeness (QED) is 0.271. The van der Waals surface area contributed by atoms with Crippen molar-refractivity contribution in [1.29, 1.82) is 0 Å². The van der Waals surface area contributed by atoms with E-state index in [4.69, 9.17) is 0 Å². The third-order valence-electron chi connectivity index (χ3n) is 5.15. The van der Waals surface area contributed by atoms with Gasteiger partial charge in [0.1, 0.15) is 12.4 Å². The second kappa shape index (κ2) is 11.3. The molecule has 0 aliphatic rings. The molecule has 3 N–H and O–H groups in total. The first-order valence-corrected chi connectivity index (χ1v) is 11.2. The van der Waals surface area contributed by atoms with Crippen LogP contribution in [0.15, 0.2) is 30.6 Å². The summed E-state index contributed by atoms with van der Waals surface area (Å²) in [5.41, 5.74) is -0.380. The van der Waals surface area contributed by atoms with Gasteiger partial charge in [-0.1, -0.05) is 13.8 Å². The summed E-state index contributed by atoms with van der Waals surface area (Å²) < 4.78 is 79.5. The van der Waals surface area contributed by atoms with E-state index in [0.717, 1.165) is 28.2 Å². The Morgan fingerprint density at radius 2 is 1.51 bits per heavy atom. The summed E-state index contributed by atoms with van der Waals surface area (Å²) in [5.74, 6) is -2.65. The molecule has 0 aliphatic heterocycles. The lowest BCUT2D eigenvalue weighted by Crippen LogP contribution is -2.60. The van der Waals surface area contributed by atoms with Gasteiger partial charge in [0.15, 0.2) is 5.82 Å². The van der Waals surface area contributed by atoms with E-state index in [0.29, 0.717) is 12.1 Å². The molecule has 0 unspecified atom stereocenters. The van der Waals surface area contributed by atoms with E-state index in [-0.39, 0.29) is 6.07 Å². The zero-order valence-corrected chi connectivity index (χ0v) is 21.3. The Morgan fingerprint density at radius 3 is 1.95 bits per heavy atom. The summed E-state index contributed by atoms with van der Waals surface area (Å²) in [5, 5.41) is 13.3. The van der Waals surface area contributed by atoms with Crippen LogP contribution in [-0.2, 0) is 21.9 Å². The van der Waals surface area contributed by atoms with Gasteiger partial charge < -0.3 is 5.11 Å². The van der Waals surface area contributed by atoms with E-state index in [1.165, 1.54) is 0 Å². The number of hydrogen-bond donors (Lipinski definition) is 3. The molecule has 214 valence electrons. The lowest BCUT2D eigenvalue weighted by atomic mass is 9.96. The van der Waals surface area contributed by atoms with Crippen LogP contribution in [0.3, 0.4) is 0 Å². The van der Waals surface area contributed by atoms with Crippen LogP contribution in [-0.4, -0.2) is 54.3 Å². The Bertz CT molecular complexity index is 1210. The monoisotopic (exact) mass is 564 g/mol. The van der Waals surface area contributed by atoms with Gasteiger partial charge in [-0.05, 0) is 44.9 Å². The minimum Gasteiger partial charge on any atom is -0.465 e. The van der Waals surface area contributed by atoms with E-state index >= 15 is 0 Å². The van der Waals surface area contributed by atoms with Gasteiger partial charge in [0, 0.05) is 23.4 Å². The number of carbonyl (C=O) groups is 3.